The van der Waals surface area contributed by atoms with E-state index in [-0.39, 0.29) is 10.5 Å². The molecular formula is C25H33N3O5S. The fourth-order valence-corrected chi connectivity index (χ4v) is 5.98. The summed E-state index contributed by atoms with van der Waals surface area (Å²) in [5, 5.41) is 2.87. The number of sulfonamides is 1. The number of piperidine rings is 1. The quantitative estimate of drug-likeness (QED) is 0.645. The van der Waals surface area contributed by atoms with Gasteiger partial charge in [0.1, 0.15) is 5.75 Å². The molecule has 0 radical (unpaired) electrons. The average Bonchev–Trinajstić information content (AvgIpc) is 2.85. The van der Waals surface area contributed by atoms with E-state index < -0.39 is 15.9 Å². The van der Waals surface area contributed by atoms with E-state index in [0.29, 0.717) is 37.7 Å². The van der Waals surface area contributed by atoms with Crippen LogP contribution < -0.4 is 10.1 Å². The number of carbonyl (C=O) groups is 1. The number of nitrogens with one attached hydrogen (secondary N) is 1. The molecule has 184 valence electrons. The van der Waals surface area contributed by atoms with Gasteiger partial charge in [-0.2, -0.15) is 4.31 Å². The number of methoxy groups -OCH3 is 1. The van der Waals surface area contributed by atoms with E-state index in [1.54, 1.807) is 0 Å². The molecule has 2 aliphatic rings. The van der Waals surface area contributed by atoms with Gasteiger partial charge in [-0.1, -0.05) is 19.1 Å². The van der Waals surface area contributed by atoms with Crippen molar-refractivity contribution in [3.05, 3.63) is 53.6 Å². The van der Waals surface area contributed by atoms with Gasteiger partial charge in [0, 0.05) is 31.9 Å². The zero-order valence-electron chi connectivity index (χ0n) is 19.8. The minimum absolute atomic E-state index is 0.0615. The molecule has 0 aromatic heterocycles. The number of nitrogens with zero attached hydrogens (tertiary/aromatic N) is 2. The molecule has 34 heavy (non-hydrogen) atoms. The van der Waals surface area contributed by atoms with E-state index in [1.165, 1.54) is 48.0 Å². The van der Waals surface area contributed by atoms with Crippen molar-refractivity contribution in [3.8, 4) is 5.75 Å². The topological polar surface area (TPSA) is 88.2 Å². The highest BCUT2D eigenvalue weighted by Gasteiger charge is 2.28. The van der Waals surface area contributed by atoms with Crippen molar-refractivity contribution >= 4 is 21.6 Å². The van der Waals surface area contributed by atoms with E-state index in [9.17, 15) is 13.2 Å². The van der Waals surface area contributed by atoms with Crippen LogP contribution in [-0.2, 0) is 21.3 Å². The fourth-order valence-electron chi connectivity index (χ4n) is 4.54. The third-order valence-corrected chi connectivity index (χ3v) is 8.28. The van der Waals surface area contributed by atoms with E-state index in [1.807, 2.05) is 24.3 Å². The summed E-state index contributed by atoms with van der Waals surface area (Å²) in [5.41, 5.74) is 2.01. The first kappa shape index (κ1) is 24.7. The van der Waals surface area contributed by atoms with Gasteiger partial charge in [-0.05, 0) is 61.2 Å². The molecule has 4 rings (SSSR count). The van der Waals surface area contributed by atoms with Crippen molar-refractivity contribution in [2.24, 2.45) is 5.92 Å². The number of ether oxygens (including phenoxy) is 2. The second-order valence-corrected chi connectivity index (χ2v) is 11.0. The molecule has 2 heterocycles. The Labute approximate surface area is 201 Å². The van der Waals surface area contributed by atoms with E-state index >= 15 is 0 Å². The zero-order chi connectivity index (χ0) is 24.1. The highest BCUT2D eigenvalue weighted by molar-refractivity contribution is 7.89. The number of anilines is 1. The van der Waals surface area contributed by atoms with Crippen LogP contribution in [0.25, 0.3) is 0 Å². The Kier molecular flexibility index (Phi) is 7.88. The number of amides is 1. The minimum Gasteiger partial charge on any atom is -0.496 e. The number of hydrogen-bond acceptors (Lipinski definition) is 6. The Morgan fingerprint density at radius 1 is 1.12 bits per heavy atom. The van der Waals surface area contributed by atoms with Crippen molar-refractivity contribution in [1.82, 2.24) is 9.21 Å². The van der Waals surface area contributed by atoms with Crippen molar-refractivity contribution in [3.63, 3.8) is 0 Å². The average molecular weight is 488 g/mol. The van der Waals surface area contributed by atoms with E-state index in [0.717, 1.165) is 25.6 Å². The molecule has 2 aromatic rings. The summed E-state index contributed by atoms with van der Waals surface area (Å²) in [6.07, 6.45) is 2.53. The second kappa shape index (κ2) is 10.9. The summed E-state index contributed by atoms with van der Waals surface area (Å²) < 4.78 is 38.0. The van der Waals surface area contributed by atoms with Crippen molar-refractivity contribution in [2.75, 3.05) is 51.8 Å². The zero-order valence-corrected chi connectivity index (χ0v) is 20.6. The lowest BCUT2D eigenvalue weighted by Crippen LogP contribution is -2.40. The fraction of sp³-hybridized carbons (Fsp3) is 0.480. The monoisotopic (exact) mass is 487 g/mol. The van der Waals surface area contributed by atoms with Crippen LogP contribution in [0.2, 0.25) is 0 Å². The van der Waals surface area contributed by atoms with E-state index in [2.05, 4.69) is 17.1 Å². The van der Waals surface area contributed by atoms with Crippen molar-refractivity contribution in [1.29, 1.82) is 0 Å². The first-order chi connectivity index (χ1) is 16.4. The molecule has 9 heteroatoms. The predicted octanol–water partition coefficient (Wildman–Crippen LogP) is 3.20. The number of hydrogen-bond donors (Lipinski definition) is 1. The van der Waals surface area contributed by atoms with Crippen LogP contribution >= 0.6 is 0 Å². The van der Waals surface area contributed by atoms with Crippen LogP contribution in [0, 0.1) is 5.92 Å². The van der Waals surface area contributed by atoms with Crippen LogP contribution in [0.4, 0.5) is 5.69 Å². The molecule has 1 N–H and O–H groups in total. The van der Waals surface area contributed by atoms with Gasteiger partial charge in [0.2, 0.25) is 10.0 Å². The van der Waals surface area contributed by atoms with Gasteiger partial charge in [0.15, 0.2) is 0 Å². The summed E-state index contributed by atoms with van der Waals surface area (Å²) in [7, 11) is -2.27. The van der Waals surface area contributed by atoms with Crippen molar-refractivity contribution in [2.45, 2.75) is 31.2 Å². The molecule has 1 atom stereocenters. The van der Waals surface area contributed by atoms with E-state index in [4.69, 9.17) is 9.47 Å². The van der Waals surface area contributed by atoms with Gasteiger partial charge in [-0.15, -0.1) is 0 Å². The van der Waals surface area contributed by atoms with Crippen LogP contribution in [0.3, 0.4) is 0 Å². The summed E-state index contributed by atoms with van der Waals surface area (Å²) in [4.78, 5) is 15.6. The van der Waals surface area contributed by atoms with Crippen LogP contribution in [-0.4, -0.2) is 70.0 Å². The lowest BCUT2D eigenvalue weighted by molar-refractivity contribution is 0.0730. The maximum absolute atomic E-state index is 13.1. The molecule has 0 bridgehead atoms. The summed E-state index contributed by atoms with van der Waals surface area (Å²) in [6, 6.07) is 12.2. The van der Waals surface area contributed by atoms with Crippen LogP contribution in [0.5, 0.6) is 5.75 Å². The van der Waals surface area contributed by atoms with Gasteiger partial charge in [0.25, 0.3) is 5.91 Å². The van der Waals surface area contributed by atoms with Gasteiger partial charge in [-0.3, -0.25) is 9.69 Å². The molecule has 2 aliphatic heterocycles. The predicted molar refractivity (Wildman–Crippen MR) is 131 cm³/mol. The lowest BCUT2D eigenvalue weighted by Gasteiger charge is -2.30. The number of benzene rings is 2. The molecule has 2 fully saturated rings. The van der Waals surface area contributed by atoms with Crippen LogP contribution in [0.1, 0.15) is 35.7 Å². The smallest absolute Gasteiger partial charge is 0.259 e. The second-order valence-electron chi connectivity index (χ2n) is 9.01. The van der Waals surface area contributed by atoms with Gasteiger partial charge in [0.05, 0.1) is 30.8 Å². The Hall–Kier alpha value is -2.46. The van der Waals surface area contributed by atoms with Gasteiger partial charge in [-0.25, -0.2) is 8.42 Å². The first-order valence-electron chi connectivity index (χ1n) is 11.8. The molecule has 2 aromatic carbocycles. The summed E-state index contributed by atoms with van der Waals surface area (Å²) >= 11 is 0. The maximum atomic E-state index is 13.1. The molecule has 8 nitrogen and oxygen atoms in total. The Morgan fingerprint density at radius 3 is 2.53 bits per heavy atom. The number of morpholine rings is 1. The maximum Gasteiger partial charge on any atom is 0.259 e. The molecule has 1 amide bonds. The van der Waals surface area contributed by atoms with Crippen LogP contribution in [0.15, 0.2) is 47.4 Å². The SMILES string of the molecule is COc1ccc(S(=O)(=O)N2CCOCC2)cc1C(=O)Nc1ccc(CN2CCCC(C)C2)cc1. The molecule has 0 spiro atoms. The number of likely N-dealkylation sites (tertiary alicyclic amines) is 1. The first-order valence-corrected chi connectivity index (χ1v) is 13.2. The minimum atomic E-state index is -3.73. The molecule has 0 aliphatic carbocycles. The summed E-state index contributed by atoms with van der Waals surface area (Å²) in [6.45, 7) is 6.71. The van der Waals surface area contributed by atoms with Gasteiger partial charge >= 0.3 is 0 Å². The number of rotatable bonds is 7. The third-order valence-electron chi connectivity index (χ3n) is 6.38. The largest absolute Gasteiger partial charge is 0.496 e. The Balaban J connectivity index is 1.47. The molecular weight excluding hydrogens is 454 g/mol. The molecule has 0 saturated carbocycles. The van der Waals surface area contributed by atoms with Gasteiger partial charge < -0.3 is 14.8 Å². The third kappa shape index (κ3) is 5.78. The standard InChI is InChI=1S/C25H33N3O5S/c1-19-4-3-11-27(17-19)18-20-5-7-21(8-6-20)26-25(29)23-16-22(9-10-24(23)32-2)34(30,31)28-12-14-33-15-13-28/h5-10,16,19H,3-4,11-15,17-18H2,1-2H3,(H,26,29). The van der Waals surface area contributed by atoms with Crippen molar-refractivity contribution < 1.29 is 22.7 Å². The highest BCUT2D eigenvalue weighted by Crippen LogP contribution is 2.26. The Bertz CT molecular complexity index is 1100. The Morgan fingerprint density at radius 2 is 1.85 bits per heavy atom. The number of carbonyl (C=O) groups excluding carboxylic acids is 1. The normalized spacial score (nSPS) is 20.1. The highest BCUT2D eigenvalue weighted by atomic mass is 32.2. The molecule has 2 saturated heterocycles. The molecule has 1 unspecified atom stereocenters. The summed E-state index contributed by atoms with van der Waals surface area (Å²) in [5.74, 6) is 0.618. The lowest BCUT2D eigenvalue weighted by atomic mass is 10.00.